The van der Waals surface area contributed by atoms with E-state index in [9.17, 15) is 22.8 Å². The topological polar surface area (TPSA) is 49.4 Å². The zero-order valence-corrected chi connectivity index (χ0v) is 17.4. The average Bonchev–Trinajstić information content (AvgIpc) is 2.70. The van der Waals surface area contributed by atoms with Gasteiger partial charge in [-0.3, -0.25) is 20.0 Å². The number of carbonyl (C=O) groups is 2. The second-order valence-corrected chi connectivity index (χ2v) is 8.38. The van der Waals surface area contributed by atoms with Crippen LogP contribution in [0.4, 0.5) is 13.2 Å². The molecule has 1 aliphatic rings. The predicted octanol–water partition coefficient (Wildman–Crippen LogP) is 4.93. The van der Waals surface area contributed by atoms with E-state index >= 15 is 0 Å². The van der Waals surface area contributed by atoms with Gasteiger partial charge in [-0.15, -0.1) is 11.8 Å². The van der Waals surface area contributed by atoms with Crippen LogP contribution in [0.1, 0.15) is 41.9 Å². The van der Waals surface area contributed by atoms with Crippen molar-refractivity contribution in [1.29, 1.82) is 0 Å². The van der Waals surface area contributed by atoms with Crippen LogP contribution in [0, 0.1) is 6.92 Å². The Labute approximate surface area is 177 Å². The summed E-state index contributed by atoms with van der Waals surface area (Å²) in [5, 5.41) is 1.17. The molecule has 4 nitrogen and oxygen atoms in total. The van der Waals surface area contributed by atoms with Gasteiger partial charge in [0.25, 0.3) is 0 Å². The summed E-state index contributed by atoms with van der Waals surface area (Å²) >= 11 is 1.53. The molecule has 2 aromatic carbocycles. The molecular weight excluding hydrogens is 413 g/mol. The molecule has 1 atom stereocenters. The summed E-state index contributed by atoms with van der Waals surface area (Å²) in [6.07, 6.45) is -3.50. The quantitative estimate of drug-likeness (QED) is 0.653. The highest BCUT2D eigenvalue weighted by Gasteiger charge is 2.39. The van der Waals surface area contributed by atoms with Gasteiger partial charge in [0.05, 0.1) is 11.5 Å². The Hall–Kier alpha value is -2.48. The summed E-state index contributed by atoms with van der Waals surface area (Å²) in [4.78, 5) is 26.1. The molecule has 8 heteroatoms. The number of piperidine rings is 1. The molecule has 1 heterocycles. The van der Waals surface area contributed by atoms with Gasteiger partial charge in [0, 0.05) is 23.6 Å². The fourth-order valence-corrected chi connectivity index (χ4v) is 4.29. The number of hydrazine groups is 1. The first-order valence-corrected chi connectivity index (χ1v) is 10.7. The first kappa shape index (κ1) is 22.2. The highest BCUT2D eigenvalue weighted by Crippen LogP contribution is 2.38. The molecule has 0 radical (unpaired) electrons. The summed E-state index contributed by atoms with van der Waals surface area (Å²) < 4.78 is 40.0. The summed E-state index contributed by atoms with van der Waals surface area (Å²) in [7, 11) is 0. The van der Waals surface area contributed by atoms with Gasteiger partial charge >= 0.3 is 6.18 Å². The molecule has 0 saturated carbocycles. The van der Waals surface area contributed by atoms with Crippen molar-refractivity contribution < 1.29 is 22.8 Å². The molecule has 160 valence electrons. The number of halogens is 3. The number of nitrogens with zero attached hydrogens (tertiary/aromatic N) is 1. The molecule has 1 fully saturated rings. The number of thioether (sulfide) groups is 1. The predicted molar refractivity (Wildman–Crippen MR) is 110 cm³/mol. The van der Waals surface area contributed by atoms with E-state index in [2.05, 4.69) is 5.43 Å². The maximum absolute atomic E-state index is 13.3. The van der Waals surface area contributed by atoms with Gasteiger partial charge in [-0.1, -0.05) is 35.9 Å². The number of aryl methyl sites for hydroxylation is 1. The van der Waals surface area contributed by atoms with Crippen LogP contribution in [0.5, 0.6) is 0 Å². The zero-order valence-electron chi connectivity index (χ0n) is 16.5. The summed E-state index contributed by atoms with van der Waals surface area (Å²) in [5.41, 5.74) is 2.89. The lowest BCUT2D eigenvalue weighted by molar-refractivity contribution is -0.146. The highest BCUT2D eigenvalue weighted by molar-refractivity contribution is 7.99. The van der Waals surface area contributed by atoms with E-state index in [1.54, 1.807) is 0 Å². The Morgan fingerprint density at radius 3 is 2.57 bits per heavy atom. The molecule has 1 saturated heterocycles. The molecule has 1 N–H and O–H groups in total. The summed E-state index contributed by atoms with van der Waals surface area (Å²) in [6, 6.07) is 13.1. The van der Waals surface area contributed by atoms with Crippen molar-refractivity contribution in [1.82, 2.24) is 10.4 Å². The van der Waals surface area contributed by atoms with Crippen LogP contribution < -0.4 is 5.43 Å². The minimum Gasteiger partial charge on any atom is -0.273 e. The minimum absolute atomic E-state index is 0.0381. The minimum atomic E-state index is -4.53. The molecule has 0 aromatic heterocycles. The Morgan fingerprint density at radius 2 is 1.87 bits per heavy atom. The van der Waals surface area contributed by atoms with Crippen molar-refractivity contribution in [3.05, 3.63) is 65.2 Å². The molecule has 30 heavy (non-hydrogen) atoms. The summed E-state index contributed by atoms with van der Waals surface area (Å²) in [6.45, 7) is 2.29. The molecule has 0 spiro atoms. The molecule has 2 amide bonds. The van der Waals surface area contributed by atoms with Crippen molar-refractivity contribution in [3.8, 4) is 0 Å². The van der Waals surface area contributed by atoms with Crippen LogP contribution in [0.25, 0.3) is 0 Å². The number of benzene rings is 2. The van der Waals surface area contributed by atoms with Gasteiger partial charge in [-0.25, -0.2) is 0 Å². The van der Waals surface area contributed by atoms with Crippen LogP contribution in [0.15, 0.2) is 53.4 Å². The molecule has 3 rings (SSSR count). The SMILES string of the molecule is Cc1ccc(SCCC(=O)NN2CCCC(c3ccccc3C(F)(F)F)C2=O)cc1. The number of alkyl halides is 3. The molecule has 0 bridgehead atoms. The van der Waals surface area contributed by atoms with Crippen LogP contribution in [-0.2, 0) is 15.8 Å². The van der Waals surface area contributed by atoms with Gasteiger partial charge in [-0.2, -0.15) is 13.2 Å². The largest absolute Gasteiger partial charge is 0.416 e. The zero-order chi connectivity index (χ0) is 21.7. The lowest BCUT2D eigenvalue weighted by Gasteiger charge is -2.33. The van der Waals surface area contributed by atoms with Crippen LogP contribution in [-0.4, -0.2) is 29.1 Å². The Morgan fingerprint density at radius 1 is 1.17 bits per heavy atom. The van der Waals surface area contributed by atoms with Gasteiger partial charge < -0.3 is 0 Å². The first-order valence-electron chi connectivity index (χ1n) is 9.72. The maximum Gasteiger partial charge on any atom is 0.416 e. The van der Waals surface area contributed by atoms with E-state index in [4.69, 9.17) is 0 Å². The third kappa shape index (κ3) is 5.56. The van der Waals surface area contributed by atoms with Crippen molar-refractivity contribution in [2.24, 2.45) is 0 Å². The number of carbonyl (C=O) groups excluding carboxylic acids is 2. The fraction of sp³-hybridized carbons (Fsp3) is 0.364. The third-order valence-electron chi connectivity index (χ3n) is 4.96. The number of hydrogen-bond donors (Lipinski definition) is 1. The van der Waals surface area contributed by atoms with E-state index in [-0.39, 0.29) is 17.9 Å². The van der Waals surface area contributed by atoms with E-state index < -0.39 is 23.6 Å². The van der Waals surface area contributed by atoms with E-state index in [0.717, 1.165) is 16.5 Å². The third-order valence-corrected chi connectivity index (χ3v) is 5.97. The molecule has 1 unspecified atom stereocenters. The van der Waals surface area contributed by atoms with Gasteiger partial charge in [-0.05, 0) is 43.5 Å². The normalized spacial score (nSPS) is 17.1. The van der Waals surface area contributed by atoms with Crippen LogP contribution >= 0.6 is 11.8 Å². The lowest BCUT2D eigenvalue weighted by Crippen LogP contribution is -2.51. The molecule has 0 aliphatic carbocycles. The fourth-order valence-electron chi connectivity index (χ4n) is 3.44. The maximum atomic E-state index is 13.3. The Kier molecular flexibility index (Phi) is 7.07. The number of rotatable bonds is 6. The van der Waals surface area contributed by atoms with Crippen molar-refractivity contribution in [2.45, 2.75) is 43.2 Å². The van der Waals surface area contributed by atoms with E-state index in [0.29, 0.717) is 25.1 Å². The second kappa shape index (κ2) is 9.55. The Bertz CT molecular complexity index is 900. The molecular formula is C22H23F3N2O2S. The van der Waals surface area contributed by atoms with E-state index in [1.807, 2.05) is 31.2 Å². The standard InChI is InChI=1S/C22H23F3N2O2S/c1-15-8-10-16(11-9-15)30-14-12-20(28)26-27-13-4-6-18(21(27)29)17-5-2-3-7-19(17)22(23,24)25/h2-3,5,7-11,18H,4,6,12-14H2,1H3,(H,26,28). The van der Waals surface area contributed by atoms with Gasteiger partial charge in [0.2, 0.25) is 11.8 Å². The van der Waals surface area contributed by atoms with Crippen molar-refractivity contribution >= 4 is 23.6 Å². The van der Waals surface area contributed by atoms with Crippen LogP contribution in [0.2, 0.25) is 0 Å². The van der Waals surface area contributed by atoms with Crippen LogP contribution in [0.3, 0.4) is 0 Å². The number of hydrogen-bond acceptors (Lipinski definition) is 3. The van der Waals surface area contributed by atoms with Gasteiger partial charge in [0.15, 0.2) is 0 Å². The second-order valence-electron chi connectivity index (χ2n) is 7.22. The number of amides is 2. The smallest absolute Gasteiger partial charge is 0.273 e. The lowest BCUT2D eigenvalue weighted by atomic mass is 9.87. The highest BCUT2D eigenvalue weighted by atomic mass is 32.2. The Balaban J connectivity index is 1.59. The van der Waals surface area contributed by atoms with Gasteiger partial charge in [0.1, 0.15) is 0 Å². The molecule has 2 aromatic rings. The molecule has 1 aliphatic heterocycles. The first-order chi connectivity index (χ1) is 14.3. The summed E-state index contributed by atoms with van der Waals surface area (Å²) in [5.74, 6) is -1.21. The number of nitrogens with one attached hydrogen (secondary N) is 1. The van der Waals surface area contributed by atoms with Crippen molar-refractivity contribution in [2.75, 3.05) is 12.3 Å². The average molecular weight is 436 g/mol. The monoisotopic (exact) mass is 436 g/mol. The van der Waals surface area contributed by atoms with Crippen molar-refractivity contribution in [3.63, 3.8) is 0 Å². The van der Waals surface area contributed by atoms with E-state index in [1.165, 1.54) is 35.0 Å².